The number of hydrogen-bond acceptors (Lipinski definition) is 2. The molecule has 0 unspecified atom stereocenters. The van der Waals surface area contributed by atoms with E-state index in [-0.39, 0.29) is 0 Å². The van der Waals surface area contributed by atoms with Gasteiger partial charge in [0.05, 0.1) is 0 Å². The molecule has 1 aliphatic carbocycles. The summed E-state index contributed by atoms with van der Waals surface area (Å²) in [5, 5.41) is 0. The van der Waals surface area contributed by atoms with Crippen LogP contribution >= 0.6 is 15.9 Å². The van der Waals surface area contributed by atoms with Gasteiger partial charge in [-0.2, -0.15) is 0 Å². The van der Waals surface area contributed by atoms with E-state index in [1.165, 1.54) is 37.8 Å². The van der Waals surface area contributed by atoms with Crippen LogP contribution in [0.4, 0.5) is 0 Å². The van der Waals surface area contributed by atoms with Gasteiger partial charge in [0.1, 0.15) is 0 Å². The third kappa shape index (κ3) is 3.56. The zero-order valence-corrected chi connectivity index (χ0v) is 11.4. The van der Waals surface area contributed by atoms with Gasteiger partial charge in [0.15, 0.2) is 0 Å². The number of pyridine rings is 1. The van der Waals surface area contributed by atoms with Gasteiger partial charge in [-0.05, 0) is 53.4 Å². The van der Waals surface area contributed by atoms with Gasteiger partial charge in [-0.25, -0.2) is 0 Å². The maximum atomic E-state index is 4.20. The summed E-state index contributed by atoms with van der Waals surface area (Å²) in [6.45, 7) is 2.23. The van der Waals surface area contributed by atoms with Crippen LogP contribution < -0.4 is 0 Å². The average molecular weight is 283 g/mol. The Hall–Kier alpha value is -0.410. The summed E-state index contributed by atoms with van der Waals surface area (Å²) >= 11 is 3.46. The number of nitrogens with zero attached hydrogens (tertiary/aromatic N) is 2. The van der Waals surface area contributed by atoms with E-state index < -0.39 is 0 Å². The van der Waals surface area contributed by atoms with Crippen LogP contribution in [0.2, 0.25) is 0 Å². The molecule has 0 radical (unpaired) electrons. The van der Waals surface area contributed by atoms with Crippen LogP contribution in [0.5, 0.6) is 0 Å². The number of hydrogen-bond donors (Lipinski definition) is 0. The molecule has 0 aromatic carbocycles. The van der Waals surface area contributed by atoms with Crippen LogP contribution in [0.25, 0.3) is 0 Å². The van der Waals surface area contributed by atoms with E-state index in [4.69, 9.17) is 0 Å². The summed E-state index contributed by atoms with van der Waals surface area (Å²) in [7, 11) is 2.21. The second-order valence-corrected chi connectivity index (χ2v) is 5.77. The highest BCUT2D eigenvalue weighted by atomic mass is 79.9. The summed E-state index contributed by atoms with van der Waals surface area (Å²) in [6, 6.07) is 2.15. The van der Waals surface area contributed by atoms with E-state index in [1.807, 2.05) is 12.4 Å². The van der Waals surface area contributed by atoms with Crippen molar-refractivity contribution in [2.24, 2.45) is 5.92 Å². The Bertz CT molecular complexity index is 334. The molecule has 3 heteroatoms. The van der Waals surface area contributed by atoms with Crippen molar-refractivity contribution in [3.8, 4) is 0 Å². The van der Waals surface area contributed by atoms with Crippen LogP contribution in [0.1, 0.15) is 31.2 Å². The molecule has 0 spiro atoms. The lowest BCUT2D eigenvalue weighted by atomic mass is 10.1. The first-order valence-corrected chi connectivity index (χ1v) is 6.81. The Morgan fingerprint density at radius 2 is 2.12 bits per heavy atom. The summed E-state index contributed by atoms with van der Waals surface area (Å²) < 4.78 is 1.07. The molecular formula is C13H19BrN2. The van der Waals surface area contributed by atoms with E-state index in [9.17, 15) is 0 Å². The predicted molar refractivity (Wildman–Crippen MR) is 70.2 cm³/mol. The summed E-state index contributed by atoms with van der Waals surface area (Å²) in [6.07, 6.45) is 9.48. The molecule has 0 N–H and O–H groups in total. The first kappa shape index (κ1) is 12.1. The lowest BCUT2D eigenvalue weighted by Crippen LogP contribution is -2.24. The molecule has 0 aliphatic heterocycles. The third-order valence-electron chi connectivity index (χ3n) is 3.26. The SMILES string of the molecule is CN(Cc1cncc(Br)c1)CC1CCCC1. The maximum Gasteiger partial charge on any atom is 0.0410 e. The highest BCUT2D eigenvalue weighted by molar-refractivity contribution is 9.10. The molecule has 1 aliphatic rings. The Morgan fingerprint density at radius 1 is 1.38 bits per heavy atom. The zero-order chi connectivity index (χ0) is 11.4. The van der Waals surface area contributed by atoms with Crippen LogP contribution in [0.3, 0.4) is 0 Å². The van der Waals surface area contributed by atoms with Crippen molar-refractivity contribution >= 4 is 15.9 Å². The smallest absolute Gasteiger partial charge is 0.0410 e. The van der Waals surface area contributed by atoms with Crippen molar-refractivity contribution in [1.29, 1.82) is 0 Å². The van der Waals surface area contributed by atoms with E-state index in [0.29, 0.717) is 0 Å². The number of halogens is 1. The highest BCUT2D eigenvalue weighted by Gasteiger charge is 2.16. The van der Waals surface area contributed by atoms with Crippen LogP contribution in [-0.4, -0.2) is 23.5 Å². The van der Waals surface area contributed by atoms with Crippen molar-refractivity contribution in [1.82, 2.24) is 9.88 Å². The van der Waals surface area contributed by atoms with Crippen molar-refractivity contribution in [2.45, 2.75) is 32.2 Å². The van der Waals surface area contributed by atoms with Gasteiger partial charge in [-0.15, -0.1) is 0 Å². The van der Waals surface area contributed by atoms with E-state index in [0.717, 1.165) is 16.9 Å². The topological polar surface area (TPSA) is 16.1 Å². The second kappa shape index (κ2) is 5.78. The van der Waals surface area contributed by atoms with E-state index in [1.54, 1.807) is 0 Å². The van der Waals surface area contributed by atoms with Crippen LogP contribution in [0.15, 0.2) is 22.9 Å². The first-order chi connectivity index (χ1) is 7.74. The first-order valence-electron chi connectivity index (χ1n) is 6.02. The van der Waals surface area contributed by atoms with Gasteiger partial charge in [-0.3, -0.25) is 4.98 Å². The summed E-state index contributed by atoms with van der Waals surface area (Å²) in [4.78, 5) is 6.61. The van der Waals surface area contributed by atoms with Crippen molar-refractivity contribution in [3.05, 3.63) is 28.5 Å². The summed E-state index contributed by atoms with van der Waals surface area (Å²) in [5.41, 5.74) is 1.29. The minimum absolute atomic E-state index is 0.921. The molecule has 1 heterocycles. The number of rotatable bonds is 4. The van der Waals surface area contributed by atoms with Crippen molar-refractivity contribution in [3.63, 3.8) is 0 Å². The molecule has 1 aromatic rings. The molecule has 0 amide bonds. The van der Waals surface area contributed by atoms with Gasteiger partial charge >= 0.3 is 0 Å². The monoisotopic (exact) mass is 282 g/mol. The van der Waals surface area contributed by atoms with Crippen molar-refractivity contribution < 1.29 is 0 Å². The summed E-state index contributed by atoms with van der Waals surface area (Å²) in [5.74, 6) is 0.921. The lowest BCUT2D eigenvalue weighted by molar-refractivity contribution is 0.271. The van der Waals surface area contributed by atoms with Crippen LogP contribution in [0, 0.1) is 5.92 Å². The fraction of sp³-hybridized carbons (Fsp3) is 0.615. The van der Waals surface area contributed by atoms with E-state index in [2.05, 4.69) is 38.9 Å². The third-order valence-corrected chi connectivity index (χ3v) is 3.69. The standard InChI is InChI=1S/C13H19BrN2/c1-16(9-11-4-2-3-5-11)10-12-6-13(14)8-15-7-12/h6-8,11H,2-5,9-10H2,1H3. The van der Waals surface area contributed by atoms with Crippen molar-refractivity contribution in [2.75, 3.05) is 13.6 Å². The predicted octanol–water partition coefficient (Wildman–Crippen LogP) is 3.47. The van der Waals surface area contributed by atoms with Gasteiger partial charge < -0.3 is 4.90 Å². The molecule has 1 aromatic heterocycles. The Kier molecular flexibility index (Phi) is 4.36. The minimum Gasteiger partial charge on any atom is -0.302 e. The maximum absolute atomic E-state index is 4.20. The second-order valence-electron chi connectivity index (χ2n) is 4.86. The molecule has 88 valence electrons. The molecule has 0 atom stereocenters. The van der Waals surface area contributed by atoms with Crippen LogP contribution in [-0.2, 0) is 6.54 Å². The quantitative estimate of drug-likeness (QED) is 0.841. The van der Waals surface area contributed by atoms with Gasteiger partial charge in [0.25, 0.3) is 0 Å². The largest absolute Gasteiger partial charge is 0.302 e. The Morgan fingerprint density at radius 3 is 2.81 bits per heavy atom. The van der Waals surface area contributed by atoms with E-state index >= 15 is 0 Å². The fourth-order valence-corrected chi connectivity index (χ4v) is 2.96. The number of aromatic nitrogens is 1. The molecule has 1 fully saturated rings. The Labute approximate surface area is 106 Å². The Balaban J connectivity index is 1.84. The molecule has 16 heavy (non-hydrogen) atoms. The molecule has 0 saturated heterocycles. The molecule has 2 nitrogen and oxygen atoms in total. The fourth-order valence-electron chi connectivity index (χ4n) is 2.55. The minimum atomic E-state index is 0.921. The highest BCUT2D eigenvalue weighted by Crippen LogP contribution is 2.25. The molecular weight excluding hydrogens is 264 g/mol. The molecule has 2 rings (SSSR count). The zero-order valence-electron chi connectivity index (χ0n) is 9.82. The normalized spacial score (nSPS) is 17.2. The average Bonchev–Trinajstić information content (AvgIpc) is 2.70. The van der Waals surface area contributed by atoms with Gasteiger partial charge in [0.2, 0.25) is 0 Å². The van der Waals surface area contributed by atoms with Gasteiger partial charge in [-0.1, -0.05) is 12.8 Å². The molecule has 0 bridgehead atoms. The van der Waals surface area contributed by atoms with Gasteiger partial charge in [0, 0.05) is 30.0 Å². The lowest BCUT2D eigenvalue weighted by Gasteiger charge is -2.20. The molecule has 1 saturated carbocycles.